The number of halogens is 4. The van der Waals surface area contributed by atoms with Crippen molar-refractivity contribution in [2.24, 2.45) is 0 Å². The number of hydrogen-bond acceptors (Lipinski definition) is 1. The SMILES string of the molecule is BrC(Br)OC(Br)Br. The van der Waals surface area contributed by atoms with Crippen LogP contribution in [0.3, 0.4) is 0 Å². The van der Waals surface area contributed by atoms with E-state index >= 15 is 0 Å². The van der Waals surface area contributed by atoms with Crippen LogP contribution in [0, 0.1) is 0 Å². The van der Waals surface area contributed by atoms with E-state index < -0.39 is 0 Å². The van der Waals surface area contributed by atoms with Crippen LogP contribution in [0.1, 0.15) is 0 Å². The molecule has 7 heavy (non-hydrogen) atoms. The molecule has 0 fully saturated rings. The van der Waals surface area contributed by atoms with Crippen molar-refractivity contribution in [1.82, 2.24) is 0 Å². The van der Waals surface area contributed by atoms with Gasteiger partial charge in [-0.3, -0.25) is 0 Å². The summed E-state index contributed by atoms with van der Waals surface area (Å²) in [5, 5.41) is 0. The second-order valence-electron chi connectivity index (χ2n) is 0.657. The molecule has 0 aromatic heterocycles. The fourth-order valence-corrected chi connectivity index (χ4v) is 2.10. The highest BCUT2D eigenvalue weighted by Crippen LogP contribution is 2.19. The molecule has 0 aliphatic heterocycles. The van der Waals surface area contributed by atoms with Crippen molar-refractivity contribution in [2.75, 3.05) is 0 Å². The van der Waals surface area contributed by atoms with Gasteiger partial charge in [-0.1, -0.05) is 0 Å². The van der Waals surface area contributed by atoms with Gasteiger partial charge in [0.15, 0.2) is 7.85 Å². The van der Waals surface area contributed by atoms with Crippen LogP contribution in [0.5, 0.6) is 0 Å². The molecule has 0 bridgehead atoms. The molecule has 0 aromatic carbocycles. The van der Waals surface area contributed by atoms with E-state index in [1.807, 2.05) is 0 Å². The van der Waals surface area contributed by atoms with E-state index in [-0.39, 0.29) is 7.85 Å². The van der Waals surface area contributed by atoms with Gasteiger partial charge in [-0.05, 0) is 63.7 Å². The van der Waals surface area contributed by atoms with Crippen molar-refractivity contribution in [2.45, 2.75) is 7.85 Å². The molecular formula is C2H2Br4O. The molecule has 0 atom stereocenters. The molecular weight excluding hydrogens is 360 g/mol. The Morgan fingerprint density at radius 2 is 1.14 bits per heavy atom. The van der Waals surface area contributed by atoms with Gasteiger partial charge in [0.25, 0.3) is 0 Å². The summed E-state index contributed by atoms with van der Waals surface area (Å²) >= 11 is 12.4. The van der Waals surface area contributed by atoms with E-state index in [4.69, 9.17) is 4.74 Å². The van der Waals surface area contributed by atoms with Gasteiger partial charge in [-0.25, -0.2) is 0 Å². The van der Waals surface area contributed by atoms with Crippen molar-refractivity contribution >= 4 is 63.7 Å². The lowest BCUT2D eigenvalue weighted by Crippen LogP contribution is -1.97. The summed E-state index contributed by atoms with van der Waals surface area (Å²) in [4.78, 5) is 0. The van der Waals surface area contributed by atoms with Crippen LogP contribution < -0.4 is 0 Å². The molecule has 0 unspecified atom stereocenters. The Bertz CT molecular complexity index is 39.0. The second-order valence-corrected chi connectivity index (χ2v) is 6.44. The van der Waals surface area contributed by atoms with Gasteiger partial charge in [0.05, 0.1) is 0 Å². The fraction of sp³-hybridized carbons (Fsp3) is 1.00. The Hall–Kier alpha value is 1.88. The highest BCUT2D eigenvalue weighted by atomic mass is 79.9. The number of ether oxygens (including phenoxy) is 1. The lowest BCUT2D eigenvalue weighted by molar-refractivity contribution is 0.212. The molecule has 0 aliphatic rings. The quantitative estimate of drug-likeness (QED) is 0.687. The maximum Gasteiger partial charge on any atom is 0.169 e. The van der Waals surface area contributed by atoms with Gasteiger partial charge in [-0.2, -0.15) is 0 Å². The third-order valence-corrected chi connectivity index (χ3v) is 1.07. The Morgan fingerprint density at radius 3 is 1.14 bits per heavy atom. The highest BCUT2D eigenvalue weighted by molar-refractivity contribution is 9.25. The molecule has 0 saturated heterocycles. The smallest absolute Gasteiger partial charge is 0.169 e. The molecule has 0 rings (SSSR count). The Kier molecular flexibility index (Phi) is 6.00. The zero-order valence-electron chi connectivity index (χ0n) is 3.07. The van der Waals surface area contributed by atoms with Crippen molar-refractivity contribution in [3.8, 4) is 0 Å². The van der Waals surface area contributed by atoms with E-state index in [0.717, 1.165) is 0 Å². The van der Waals surface area contributed by atoms with Crippen LogP contribution in [0.15, 0.2) is 0 Å². The van der Waals surface area contributed by atoms with Gasteiger partial charge in [-0.15, -0.1) is 0 Å². The maximum atomic E-state index is 4.92. The topological polar surface area (TPSA) is 9.23 Å². The van der Waals surface area contributed by atoms with Gasteiger partial charge in [0.1, 0.15) is 0 Å². The lowest BCUT2D eigenvalue weighted by atomic mass is 11.5. The average molecular weight is 362 g/mol. The number of alkyl halides is 4. The minimum atomic E-state index is -0.0938. The molecule has 1 nitrogen and oxygen atoms in total. The number of rotatable bonds is 2. The molecule has 0 N–H and O–H groups in total. The zero-order valence-corrected chi connectivity index (χ0v) is 9.42. The molecule has 0 spiro atoms. The average Bonchev–Trinajstić information content (AvgIpc) is 1.27. The summed E-state index contributed by atoms with van der Waals surface area (Å²) in [6.07, 6.45) is 0. The van der Waals surface area contributed by atoms with Crippen LogP contribution in [0.4, 0.5) is 0 Å². The van der Waals surface area contributed by atoms with E-state index in [2.05, 4.69) is 63.7 Å². The first kappa shape index (κ1) is 8.88. The summed E-state index contributed by atoms with van der Waals surface area (Å²) < 4.78 is 4.73. The van der Waals surface area contributed by atoms with E-state index in [1.165, 1.54) is 0 Å². The van der Waals surface area contributed by atoms with Gasteiger partial charge < -0.3 is 4.74 Å². The van der Waals surface area contributed by atoms with Gasteiger partial charge >= 0.3 is 0 Å². The summed E-state index contributed by atoms with van der Waals surface area (Å²) in [5.74, 6) is 0. The normalized spacial score (nSPS) is 11.1. The molecule has 0 saturated carbocycles. The van der Waals surface area contributed by atoms with E-state index in [9.17, 15) is 0 Å². The van der Waals surface area contributed by atoms with Crippen LogP contribution in [-0.2, 0) is 4.74 Å². The molecule has 0 aliphatic carbocycles. The molecule has 0 heterocycles. The van der Waals surface area contributed by atoms with Crippen LogP contribution in [0.2, 0.25) is 0 Å². The Balaban J connectivity index is 2.95. The summed E-state index contributed by atoms with van der Waals surface area (Å²) in [7, 11) is 0. The summed E-state index contributed by atoms with van der Waals surface area (Å²) in [5.41, 5.74) is 0. The Labute approximate surface area is 75.7 Å². The van der Waals surface area contributed by atoms with Crippen molar-refractivity contribution in [3.63, 3.8) is 0 Å². The summed E-state index contributed by atoms with van der Waals surface area (Å²) in [6.45, 7) is 0. The first-order chi connectivity index (χ1) is 3.13. The Morgan fingerprint density at radius 1 is 0.857 bits per heavy atom. The molecule has 44 valence electrons. The highest BCUT2D eigenvalue weighted by Gasteiger charge is 2.01. The molecule has 0 radical (unpaired) electrons. The second kappa shape index (κ2) is 4.73. The largest absolute Gasteiger partial charge is 0.331 e. The van der Waals surface area contributed by atoms with Crippen molar-refractivity contribution in [3.05, 3.63) is 0 Å². The summed E-state index contributed by atoms with van der Waals surface area (Å²) in [6, 6.07) is 0. The van der Waals surface area contributed by atoms with Gasteiger partial charge in [0.2, 0.25) is 0 Å². The minimum Gasteiger partial charge on any atom is -0.331 e. The van der Waals surface area contributed by atoms with E-state index in [1.54, 1.807) is 0 Å². The van der Waals surface area contributed by atoms with Gasteiger partial charge in [0, 0.05) is 0 Å². The first-order valence-electron chi connectivity index (χ1n) is 1.34. The number of hydrogen-bond donors (Lipinski definition) is 0. The van der Waals surface area contributed by atoms with E-state index in [0.29, 0.717) is 0 Å². The third kappa shape index (κ3) is 7.88. The maximum absolute atomic E-state index is 4.92. The molecule has 0 amide bonds. The van der Waals surface area contributed by atoms with Crippen LogP contribution in [-0.4, -0.2) is 7.85 Å². The molecule has 0 aromatic rings. The fourth-order valence-electron chi connectivity index (χ4n) is 0.0778. The van der Waals surface area contributed by atoms with Crippen LogP contribution >= 0.6 is 63.7 Å². The first-order valence-corrected chi connectivity index (χ1v) is 5.01. The predicted octanol–water partition coefficient (Wildman–Crippen LogP) is 3.15. The van der Waals surface area contributed by atoms with Crippen LogP contribution in [0.25, 0.3) is 0 Å². The standard InChI is InChI=1S/C2H2Br4O/c3-1(4)7-2(5)6/h1-2H. The lowest BCUT2D eigenvalue weighted by Gasteiger charge is -2.02. The zero-order chi connectivity index (χ0) is 5.86. The minimum absolute atomic E-state index is 0.0938. The van der Waals surface area contributed by atoms with Crippen molar-refractivity contribution in [1.29, 1.82) is 0 Å². The molecule has 5 heteroatoms. The predicted molar refractivity (Wildman–Crippen MR) is 44.4 cm³/mol. The monoisotopic (exact) mass is 358 g/mol. The van der Waals surface area contributed by atoms with Crippen molar-refractivity contribution < 1.29 is 4.74 Å². The third-order valence-electron chi connectivity index (χ3n) is 0.206.